The van der Waals surface area contributed by atoms with Crippen LogP contribution in [0.15, 0.2) is 66.4 Å². The maximum absolute atomic E-state index is 4.13. The van der Waals surface area contributed by atoms with Gasteiger partial charge in [0.15, 0.2) is 0 Å². The van der Waals surface area contributed by atoms with E-state index < -0.39 is 0 Å². The Morgan fingerprint density at radius 3 is 2.74 bits per heavy atom. The molecule has 1 N–H and O–H groups in total. The molecule has 0 aromatic heterocycles. The Kier molecular flexibility index (Phi) is 5.02. The summed E-state index contributed by atoms with van der Waals surface area (Å²) < 4.78 is 0. The maximum atomic E-state index is 4.13. The molecule has 0 spiro atoms. The summed E-state index contributed by atoms with van der Waals surface area (Å²) in [6, 6.07) is 10.5. The standard InChI is InChI=1S/C18H23N/c1-3-16-9-11-18(12-10-16)15(2)19-14-13-17-7-5-4-6-8-17/h4-9,11-12,16,19H,2-3,10,13-14H2,1H3. The molecule has 0 heterocycles. The monoisotopic (exact) mass is 253 g/mol. The summed E-state index contributed by atoms with van der Waals surface area (Å²) in [6.07, 6.45) is 10.2. The van der Waals surface area contributed by atoms with Gasteiger partial charge in [-0.1, -0.05) is 62.1 Å². The molecule has 1 aromatic carbocycles. The largest absolute Gasteiger partial charge is 0.385 e. The summed E-state index contributed by atoms with van der Waals surface area (Å²) in [6.45, 7) is 7.30. The number of hydrogen-bond donors (Lipinski definition) is 1. The van der Waals surface area contributed by atoms with Crippen LogP contribution in [0.2, 0.25) is 0 Å². The minimum absolute atomic E-state index is 0.709. The van der Waals surface area contributed by atoms with Gasteiger partial charge >= 0.3 is 0 Å². The van der Waals surface area contributed by atoms with Crippen LogP contribution in [0.5, 0.6) is 0 Å². The average Bonchev–Trinajstić information content (AvgIpc) is 2.48. The molecule has 1 unspecified atom stereocenters. The molecule has 0 fully saturated rings. The summed E-state index contributed by atoms with van der Waals surface area (Å²) in [5.41, 5.74) is 3.65. The number of allylic oxidation sites excluding steroid dienone is 3. The highest BCUT2D eigenvalue weighted by Crippen LogP contribution is 2.21. The minimum atomic E-state index is 0.709. The Morgan fingerprint density at radius 2 is 2.11 bits per heavy atom. The Bertz CT molecular complexity index is 468. The average molecular weight is 253 g/mol. The van der Waals surface area contributed by atoms with Gasteiger partial charge in [-0.2, -0.15) is 0 Å². The van der Waals surface area contributed by atoms with Gasteiger partial charge < -0.3 is 5.32 Å². The molecule has 1 aliphatic rings. The first-order chi connectivity index (χ1) is 9.29. The van der Waals surface area contributed by atoms with Crippen molar-refractivity contribution in [3.05, 3.63) is 72.0 Å². The molecular weight excluding hydrogens is 230 g/mol. The highest BCUT2D eigenvalue weighted by molar-refractivity contribution is 5.39. The lowest BCUT2D eigenvalue weighted by atomic mass is 9.93. The van der Waals surface area contributed by atoms with Crippen molar-refractivity contribution in [3.63, 3.8) is 0 Å². The molecule has 2 rings (SSSR count). The van der Waals surface area contributed by atoms with E-state index in [0.29, 0.717) is 5.92 Å². The van der Waals surface area contributed by atoms with E-state index in [1.54, 1.807) is 0 Å². The van der Waals surface area contributed by atoms with Crippen molar-refractivity contribution in [1.82, 2.24) is 5.32 Å². The molecule has 0 bridgehead atoms. The van der Waals surface area contributed by atoms with E-state index in [-0.39, 0.29) is 0 Å². The highest BCUT2D eigenvalue weighted by atomic mass is 14.9. The van der Waals surface area contributed by atoms with Crippen molar-refractivity contribution < 1.29 is 0 Å². The predicted molar refractivity (Wildman–Crippen MR) is 82.9 cm³/mol. The van der Waals surface area contributed by atoms with Gasteiger partial charge in [-0.25, -0.2) is 0 Å². The Hall–Kier alpha value is -1.76. The summed E-state index contributed by atoms with van der Waals surface area (Å²) in [5.74, 6) is 0.709. The third kappa shape index (κ3) is 4.13. The molecule has 1 aliphatic carbocycles. The van der Waals surface area contributed by atoms with Gasteiger partial charge in [0.1, 0.15) is 0 Å². The fraction of sp³-hybridized carbons (Fsp3) is 0.333. The van der Waals surface area contributed by atoms with Crippen molar-refractivity contribution in [2.24, 2.45) is 5.92 Å². The molecule has 1 atom stereocenters. The van der Waals surface area contributed by atoms with Gasteiger partial charge in [0.2, 0.25) is 0 Å². The van der Waals surface area contributed by atoms with Crippen LogP contribution < -0.4 is 5.32 Å². The Labute approximate surface area is 116 Å². The number of hydrogen-bond acceptors (Lipinski definition) is 1. The molecule has 1 aromatic rings. The molecule has 1 heteroatoms. The van der Waals surface area contributed by atoms with Crippen LogP contribution in [0.25, 0.3) is 0 Å². The van der Waals surface area contributed by atoms with Crippen molar-refractivity contribution in [3.8, 4) is 0 Å². The van der Waals surface area contributed by atoms with Crippen LogP contribution in [0.1, 0.15) is 25.3 Å². The molecule has 0 aliphatic heterocycles. The molecule has 1 nitrogen and oxygen atoms in total. The van der Waals surface area contributed by atoms with Gasteiger partial charge in [-0.3, -0.25) is 0 Å². The molecule has 0 saturated carbocycles. The van der Waals surface area contributed by atoms with Crippen LogP contribution >= 0.6 is 0 Å². The molecule has 0 amide bonds. The lowest BCUT2D eigenvalue weighted by molar-refractivity contribution is 0.628. The second-order valence-corrected chi connectivity index (χ2v) is 5.06. The normalized spacial score (nSPS) is 17.9. The summed E-state index contributed by atoms with van der Waals surface area (Å²) in [5, 5.41) is 3.42. The third-order valence-electron chi connectivity index (χ3n) is 3.66. The highest BCUT2D eigenvalue weighted by Gasteiger charge is 2.08. The fourth-order valence-corrected chi connectivity index (χ4v) is 2.30. The van der Waals surface area contributed by atoms with Gasteiger partial charge in [0.25, 0.3) is 0 Å². The summed E-state index contributed by atoms with van der Waals surface area (Å²) in [7, 11) is 0. The van der Waals surface area contributed by atoms with Crippen molar-refractivity contribution in [2.75, 3.05) is 6.54 Å². The van der Waals surface area contributed by atoms with Gasteiger partial charge in [-0.15, -0.1) is 0 Å². The second-order valence-electron chi connectivity index (χ2n) is 5.06. The summed E-state index contributed by atoms with van der Waals surface area (Å²) in [4.78, 5) is 0. The predicted octanol–water partition coefficient (Wildman–Crippen LogP) is 4.24. The summed E-state index contributed by atoms with van der Waals surface area (Å²) >= 11 is 0. The van der Waals surface area contributed by atoms with Crippen LogP contribution in [0, 0.1) is 5.92 Å². The van der Waals surface area contributed by atoms with Crippen LogP contribution in [-0.2, 0) is 6.42 Å². The van der Waals surface area contributed by atoms with E-state index in [9.17, 15) is 0 Å². The molecule has 0 radical (unpaired) electrons. The zero-order chi connectivity index (χ0) is 13.5. The first-order valence-corrected chi connectivity index (χ1v) is 7.15. The first kappa shape index (κ1) is 13.7. The van der Waals surface area contributed by atoms with Crippen molar-refractivity contribution in [1.29, 1.82) is 0 Å². The second kappa shape index (κ2) is 6.98. The lowest BCUT2D eigenvalue weighted by Crippen LogP contribution is -2.17. The fourth-order valence-electron chi connectivity index (χ4n) is 2.30. The minimum Gasteiger partial charge on any atom is -0.385 e. The third-order valence-corrected chi connectivity index (χ3v) is 3.66. The topological polar surface area (TPSA) is 12.0 Å². The zero-order valence-electron chi connectivity index (χ0n) is 11.7. The molecular formula is C18H23N. The smallest absolute Gasteiger partial charge is 0.0337 e. The van der Waals surface area contributed by atoms with Crippen molar-refractivity contribution in [2.45, 2.75) is 26.2 Å². The molecule has 0 saturated heterocycles. The Balaban J connectivity index is 1.77. The van der Waals surface area contributed by atoms with Crippen LogP contribution in [-0.4, -0.2) is 6.54 Å². The van der Waals surface area contributed by atoms with E-state index in [4.69, 9.17) is 0 Å². The van der Waals surface area contributed by atoms with Gasteiger partial charge in [-0.05, 0) is 36.3 Å². The maximum Gasteiger partial charge on any atom is 0.0337 e. The Morgan fingerprint density at radius 1 is 1.32 bits per heavy atom. The number of rotatable bonds is 6. The SMILES string of the molecule is C=C(NCCc1ccccc1)C1=CCC(CC)C=C1. The van der Waals surface area contributed by atoms with E-state index in [0.717, 1.165) is 25.1 Å². The molecule has 100 valence electrons. The van der Waals surface area contributed by atoms with Gasteiger partial charge in [0.05, 0.1) is 0 Å². The van der Waals surface area contributed by atoms with Crippen molar-refractivity contribution >= 4 is 0 Å². The number of benzene rings is 1. The van der Waals surface area contributed by atoms with Crippen LogP contribution in [0.4, 0.5) is 0 Å². The first-order valence-electron chi connectivity index (χ1n) is 7.15. The number of nitrogens with one attached hydrogen (secondary N) is 1. The quantitative estimate of drug-likeness (QED) is 0.799. The lowest BCUT2D eigenvalue weighted by Gasteiger charge is -2.17. The van der Waals surface area contributed by atoms with Crippen LogP contribution in [0.3, 0.4) is 0 Å². The van der Waals surface area contributed by atoms with E-state index in [1.165, 1.54) is 17.6 Å². The van der Waals surface area contributed by atoms with E-state index >= 15 is 0 Å². The van der Waals surface area contributed by atoms with Gasteiger partial charge in [0, 0.05) is 12.2 Å². The zero-order valence-corrected chi connectivity index (χ0v) is 11.7. The molecule has 19 heavy (non-hydrogen) atoms. The van der Waals surface area contributed by atoms with E-state index in [2.05, 4.69) is 67.4 Å². The van der Waals surface area contributed by atoms with E-state index in [1.807, 2.05) is 0 Å².